The summed E-state index contributed by atoms with van der Waals surface area (Å²) >= 11 is 1.24. The zero-order valence-electron chi connectivity index (χ0n) is 15.2. The predicted octanol–water partition coefficient (Wildman–Crippen LogP) is 4.20. The molecule has 2 aromatic carbocycles. The minimum Gasteiger partial charge on any atom is -0.325 e. The number of carbonyl (C=O) groups is 1. The van der Waals surface area contributed by atoms with Crippen LogP contribution in [-0.2, 0) is 4.79 Å². The lowest BCUT2D eigenvalue weighted by Gasteiger charge is -2.10. The van der Waals surface area contributed by atoms with Gasteiger partial charge in [-0.05, 0) is 42.5 Å². The molecular weight excluding hydrogens is 389 g/mol. The molecule has 0 saturated carbocycles. The van der Waals surface area contributed by atoms with Crippen LogP contribution in [0.2, 0.25) is 0 Å². The second kappa shape index (κ2) is 8.66. The fourth-order valence-electron chi connectivity index (χ4n) is 2.73. The lowest BCUT2D eigenvalue weighted by Crippen LogP contribution is -2.14. The molecule has 1 amide bonds. The monoisotopic (exact) mass is 405 g/mol. The van der Waals surface area contributed by atoms with E-state index in [1.54, 1.807) is 18.3 Å². The maximum Gasteiger partial charge on any atom is 0.234 e. The van der Waals surface area contributed by atoms with Gasteiger partial charge in [0.25, 0.3) is 0 Å². The number of thioether (sulfide) groups is 1. The third-order valence-corrected chi connectivity index (χ3v) is 4.91. The molecule has 0 saturated heterocycles. The van der Waals surface area contributed by atoms with Crippen molar-refractivity contribution < 1.29 is 9.18 Å². The van der Waals surface area contributed by atoms with E-state index in [0.717, 1.165) is 5.69 Å². The van der Waals surface area contributed by atoms with Gasteiger partial charge >= 0.3 is 0 Å². The Morgan fingerprint density at radius 3 is 2.59 bits per heavy atom. The van der Waals surface area contributed by atoms with Gasteiger partial charge in [-0.15, -0.1) is 10.2 Å². The Kier molecular flexibility index (Phi) is 5.62. The van der Waals surface area contributed by atoms with Crippen molar-refractivity contribution in [3.63, 3.8) is 0 Å². The van der Waals surface area contributed by atoms with E-state index in [2.05, 4.69) is 20.5 Å². The van der Waals surface area contributed by atoms with Gasteiger partial charge in [-0.3, -0.25) is 14.3 Å². The Hall–Kier alpha value is -3.52. The van der Waals surface area contributed by atoms with Crippen LogP contribution in [0.5, 0.6) is 0 Å². The minimum absolute atomic E-state index is 0.101. The number of carbonyl (C=O) groups excluding carboxylic acids is 1. The summed E-state index contributed by atoms with van der Waals surface area (Å²) in [6.45, 7) is 0. The number of nitrogens with one attached hydrogen (secondary N) is 1. The van der Waals surface area contributed by atoms with E-state index < -0.39 is 5.82 Å². The van der Waals surface area contributed by atoms with Gasteiger partial charge in [0.1, 0.15) is 11.5 Å². The number of para-hydroxylation sites is 1. The summed E-state index contributed by atoms with van der Waals surface area (Å²) in [5.74, 6) is 0.0238. The third-order valence-electron chi connectivity index (χ3n) is 3.98. The van der Waals surface area contributed by atoms with E-state index in [1.807, 2.05) is 53.1 Å². The molecule has 4 aromatic rings. The maximum absolute atomic E-state index is 13.3. The number of amides is 1. The van der Waals surface area contributed by atoms with Crippen molar-refractivity contribution in [1.29, 1.82) is 0 Å². The molecule has 0 unspecified atom stereocenters. The van der Waals surface area contributed by atoms with E-state index >= 15 is 0 Å². The Labute approximate surface area is 170 Å². The summed E-state index contributed by atoms with van der Waals surface area (Å²) in [5, 5.41) is 11.8. The molecule has 0 aliphatic heterocycles. The molecule has 1 N–H and O–H groups in total. The molecule has 29 heavy (non-hydrogen) atoms. The van der Waals surface area contributed by atoms with Crippen molar-refractivity contribution in [1.82, 2.24) is 19.7 Å². The van der Waals surface area contributed by atoms with Gasteiger partial charge in [-0.25, -0.2) is 4.39 Å². The van der Waals surface area contributed by atoms with Crippen LogP contribution in [-0.4, -0.2) is 31.4 Å². The average molecular weight is 405 g/mol. The van der Waals surface area contributed by atoms with Crippen LogP contribution in [0.15, 0.2) is 84.1 Å². The van der Waals surface area contributed by atoms with Crippen molar-refractivity contribution in [2.24, 2.45) is 0 Å². The topological polar surface area (TPSA) is 72.7 Å². The molecule has 144 valence electrons. The summed E-state index contributed by atoms with van der Waals surface area (Å²) in [5.41, 5.74) is 1.96. The molecule has 8 heteroatoms. The van der Waals surface area contributed by atoms with Gasteiger partial charge in [0.2, 0.25) is 5.91 Å². The standard InChI is InChI=1S/C21H16FN5OS/c22-15-7-6-8-16(13-15)24-19(28)14-29-21-26-25-20(18-11-4-5-12-23-18)27(21)17-9-2-1-3-10-17/h1-13H,14H2,(H,24,28). The molecule has 6 nitrogen and oxygen atoms in total. The molecule has 0 aliphatic rings. The highest BCUT2D eigenvalue weighted by Gasteiger charge is 2.18. The number of benzene rings is 2. The van der Waals surface area contributed by atoms with E-state index in [9.17, 15) is 9.18 Å². The number of hydrogen-bond donors (Lipinski definition) is 1. The fourth-order valence-corrected chi connectivity index (χ4v) is 3.48. The van der Waals surface area contributed by atoms with Gasteiger partial charge in [0.05, 0.1) is 5.75 Å². The fraction of sp³-hybridized carbons (Fsp3) is 0.0476. The zero-order valence-corrected chi connectivity index (χ0v) is 16.0. The molecular formula is C21H16FN5OS. The number of anilines is 1. The quantitative estimate of drug-likeness (QED) is 0.487. The first kappa shape index (κ1) is 18.8. The van der Waals surface area contributed by atoms with Gasteiger partial charge in [-0.2, -0.15) is 0 Å². The number of rotatable bonds is 6. The normalized spacial score (nSPS) is 10.7. The molecule has 2 heterocycles. The second-order valence-corrected chi connectivity index (χ2v) is 6.98. The maximum atomic E-state index is 13.3. The summed E-state index contributed by atoms with van der Waals surface area (Å²) in [7, 11) is 0. The van der Waals surface area contributed by atoms with Crippen LogP contribution in [0.25, 0.3) is 17.2 Å². The Bertz CT molecular complexity index is 1120. The lowest BCUT2D eigenvalue weighted by atomic mass is 10.3. The Morgan fingerprint density at radius 1 is 1.00 bits per heavy atom. The van der Waals surface area contributed by atoms with Gasteiger partial charge in [-0.1, -0.05) is 42.1 Å². The van der Waals surface area contributed by atoms with E-state index in [0.29, 0.717) is 22.4 Å². The first-order chi connectivity index (χ1) is 14.2. The van der Waals surface area contributed by atoms with Crippen molar-refractivity contribution in [2.75, 3.05) is 11.1 Å². The van der Waals surface area contributed by atoms with Crippen LogP contribution in [0.4, 0.5) is 10.1 Å². The summed E-state index contributed by atoms with van der Waals surface area (Å²) < 4.78 is 15.2. The molecule has 0 spiro atoms. The van der Waals surface area contributed by atoms with Crippen LogP contribution < -0.4 is 5.32 Å². The lowest BCUT2D eigenvalue weighted by molar-refractivity contribution is -0.113. The van der Waals surface area contributed by atoms with Crippen LogP contribution in [0.3, 0.4) is 0 Å². The molecule has 0 bridgehead atoms. The van der Waals surface area contributed by atoms with Crippen LogP contribution in [0, 0.1) is 5.82 Å². The number of pyridine rings is 1. The highest BCUT2D eigenvalue weighted by molar-refractivity contribution is 7.99. The Morgan fingerprint density at radius 2 is 1.83 bits per heavy atom. The number of hydrogen-bond acceptors (Lipinski definition) is 5. The van der Waals surface area contributed by atoms with Gasteiger partial charge in [0.15, 0.2) is 11.0 Å². The van der Waals surface area contributed by atoms with Crippen molar-refractivity contribution in [2.45, 2.75) is 5.16 Å². The summed E-state index contributed by atoms with van der Waals surface area (Å²) in [6.07, 6.45) is 1.69. The third kappa shape index (κ3) is 4.49. The number of halogens is 1. The number of aromatic nitrogens is 4. The summed E-state index contributed by atoms with van der Waals surface area (Å²) in [6, 6.07) is 21.0. The van der Waals surface area contributed by atoms with Crippen molar-refractivity contribution in [3.8, 4) is 17.2 Å². The van der Waals surface area contributed by atoms with Crippen LogP contribution >= 0.6 is 11.8 Å². The summed E-state index contributed by atoms with van der Waals surface area (Å²) in [4.78, 5) is 16.7. The van der Waals surface area contributed by atoms with Gasteiger partial charge < -0.3 is 5.32 Å². The number of nitrogens with zero attached hydrogens (tertiary/aromatic N) is 4. The van der Waals surface area contributed by atoms with Crippen molar-refractivity contribution in [3.05, 3.63) is 84.8 Å². The van der Waals surface area contributed by atoms with Crippen molar-refractivity contribution >= 4 is 23.4 Å². The first-order valence-corrected chi connectivity index (χ1v) is 9.80. The molecule has 4 rings (SSSR count). The van der Waals surface area contributed by atoms with Gasteiger partial charge in [0, 0.05) is 17.6 Å². The SMILES string of the molecule is O=C(CSc1nnc(-c2ccccn2)n1-c1ccccc1)Nc1cccc(F)c1. The second-order valence-electron chi connectivity index (χ2n) is 6.04. The molecule has 0 atom stereocenters. The molecule has 0 aliphatic carbocycles. The molecule has 2 aromatic heterocycles. The minimum atomic E-state index is -0.403. The largest absolute Gasteiger partial charge is 0.325 e. The molecule has 0 radical (unpaired) electrons. The highest BCUT2D eigenvalue weighted by Crippen LogP contribution is 2.27. The van der Waals surface area contributed by atoms with E-state index in [-0.39, 0.29) is 11.7 Å². The van der Waals surface area contributed by atoms with E-state index in [1.165, 1.54) is 23.9 Å². The Balaban J connectivity index is 1.57. The van der Waals surface area contributed by atoms with E-state index in [4.69, 9.17) is 0 Å². The van der Waals surface area contributed by atoms with Crippen LogP contribution in [0.1, 0.15) is 0 Å². The average Bonchev–Trinajstić information content (AvgIpc) is 3.17. The predicted molar refractivity (Wildman–Crippen MR) is 110 cm³/mol. The zero-order chi connectivity index (χ0) is 20.1. The first-order valence-electron chi connectivity index (χ1n) is 8.81. The highest BCUT2D eigenvalue weighted by atomic mass is 32.2. The molecule has 0 fully saturated rings. The smallest absolute Gasteiger partial charge is 0.234 e.